The maximum Gasteiger partial charge on any atom is 0.257 e. The molecule has 9 heteroatoms. The van der Waals surface area contributed by atoms with Crippen molar-refractivity contribution >= 4 is 68.7 Å². The Morgan fingerprint density at radius 1 is 1.11 bits per heavy atom. The minimum absolute atomic E-state index is 0.0879. The average molecular weight is 442 g/mol. The average Bonchev–Trinajstić information content (AvgIpc) is 2.78. The Hall–Kier alpha value is -1.67. The molecule has 1 heterocycles. The van der Waals surface area contributed by atoms with E-state index in [4.69, 9.17) is 41.2 Å². The molecule has 2 amide bonds. The summed E-state index contributed by atoms with van der Waals surface area (Å²) in [6, 6.07) is 4.55. The van der Waals surface area contributed by atoms with Crippen LogP contribution in [0.5, 0.6) is 0 Å². The first-order valence-corrected chi connectivity index (χ1v) is 10.4. The van der Waals surface area contributed by atoms with Crippen LogP contribution in [0.2, 0.25) is 10.0 Å². The minimum Gasteiger partial charge on any atom is -0.365 e. The highest BCUT2D eigenvalue weighted by molar-refractivity contribution is 7.80. The van der Waals surface area contributed by atoms with Gasteiger partial charge in [-0.05, 0) is 61.7 Å². The number of carbonyl (C=O) groups is 2. The molecule has 3 rings (SSSR count). The molecule has 0 radical (unpaired) electrons. The minimum atomic E-state index is -0.490. The summed E-state index contributed by atoms with van der Waals surface area (Å²) in [6.07, 6.45) is 5.00. The summed E-state index contributed by atoms with van der Waals surface area (Å²) in [6.45, 7) is 0. The van der Waals surface area contributed by atoms with Gasteiger partial charge in [-0.3, -0.25) is 14.9 Å². The highest BCUT2D eigenvalue weighted by Gasteiger charge is 2.24. The van der Waals surface area contributed by atoms with E-state index >= 15 is 0 Å². The van der Waals surface area contributed by atoms with Crippen LogP contribution in [0, 0.1) is 0 Å². The van der Waals surface area contributed by atoms with Gasteiger partial charge in [0, 0.05) is 10.4 Å². The van der Waals surface area contributed by atoms with Crippen LogP contribution in [0.1, 0.15) is 50.4 Å². The van der Waals surface area contributed by atoms with Crippen LogP contribution in [0.25, 0.3) is 0 Å². The topological polar surface area (TPSA) is 84.2 Å². The quantitative estimate of drug-likeness (QED) is 0.481. The van der Waals surface area contributed by atoms with E-state index in [1.807, 2.05) is 0 Å². The number of rotatable bonds is 3. The number of anilines is 1. The van der Waals surface area contributed by atoms with Crippen LogP contribution in [0.3, 0.4) is 0 Å². The second-order valence-corrected chi connectivity index (χ2v) is 8.50. The van der Waals surface area contributed by atoms with Gasteiger partial charge in [0.2, 0.25) is 0 Å². The SMILES string of the molecule is NC(=O)c1c(NC(=S)NC(=O)c2ccc(Cl)c(Cl)c2)sc2c1CCCCC2. The van der Waals surface area contributed by atoms with Crippen molar-refractivity contribution in [2.24, 2.45) is 5.73 Å². The number of aryl methyl sites for hydroxylation is 1. The van der Waals surface area contributed by atoms with E-state index in [0.717, 1.165) is 42.5 Å². The smallest absolute Gasteiger partial charge is 0.257 e. The summed E-state index contributed by atoms with van der Waals surface area (Å²) in [5, 5.41) is 6.84. The molecule has 4 N–H and O–H groups in total. The number of hydrogen-bond acceptors (Lipinski definition) is 4. The number of nitrogens with two attached hydrogens (primary N) is 1. The van der Waals surface area contributed by atoms with Gasteiger partial charge in [-0.2, -0.15) is 0 Å². The number of benzene rings is 1. The van der Waals surface area contributed by atoms with Crippen LogP contribution in [0.4, 0.5) is 5.00 Å². The molecule has 1 aromatic carbocycles. The molecule has 0 saturated heterocycles. The van der Waals surface area contributed by atoms with Crippen LogP contribution < -0.4 is 16.4 Å². The number of thiocarbonyl (C=S) groups is 1. The summed E-state index contributed by atoms with van der Waals surface area (Å²) < 4.78 is 0. The molecule has 1 aromatic heterocycles. The monoisotopic (exact) mass is 441 g/mol. The predicted molar refractivity (Wildman–Crippen MR) is 114 cm³/mol. The second-order valence-electron chi connectivity index (χ2n) is 6.17. The van der Waals surface area contributed by atoms with E-state index in [2.05, 4.69) is 10.6 Å². The van der Waals surface area contributed by atoms with Crippen molar-refractivity contribution in [3.8, 4) is 0 Å². The second kappa shape index (κ2) is 8.56. The lowest BCUT2D eigenvalue weighted by Crippen LogP contribution is -2.34. The number of nitrogens with one attached hydrogen (secondary N) is 2. The normalized spacial score (nSPS) is 13.4. The number of halogens is 2. The van der Waals surface area contributed by atoms with Crippen LogP contribution in [-0.4, -0.2) is 16.9 Å². The zero-order valence-corrected chi connectivity index (χ0v) is 17.4. The number of amides is 2. The molecule has 27 heavy (non-hydrogen) atoms. The van der Waals surface area contributed by atoms with E-state index in [0.29, 0.717) is 21.2 Å². The van der Waals surface area contributed by atoms with Gasteiger partial charge in [0.25, 0.3) is 11.8 Å². The van der Waals surface area contributed by atoms with Gasteiger partial charge < -0.3 is 11.1 Å². The van der Waals surface area contributed by atoms with Crippen molar-refractivity contribution in [3.05, 3.63) is 49.8 Å². The fraction of sp³-hybridized carbons (Fsp3) is 0.278. The Morgan fingerprint density at radius 2 is 1.85 bits per heavy atom. The van der Waals surface area contributed by atoms with Gasteiger partial charge in [0.05, 0.1) is 15.6 Å². The summed E-state index contributed by atoms with van der Waals surface area (Å²) in [5.74, 6) is -0.916. The maximum absolute atomic E-state index is 12.3. The van der Waals surface area contributed by atoms with Crippen molar-refractivity contribution in [2.45, 2.75) is 32.1 Å². The summed E-state index contributed by atoms with van der Waals surface area (Å²) >= 11 is 18.5. The predicted octanol–water partition coefficient (Wildman–Crippen LogP) is 4.55. The molecule has 0 aliphatic heterocycles. The fourth-order valence-corrected chi connectivity index (χ4v) is 4.89. The van der Waals surface area contributed by atoms with E-state index in [1.54, 1.807) is 6.07 Å². The van der Waals surface area contributed by atoms with Crippen LogP contribution in [-0.2, 0) is 12.8 Å². The molecule has 0 saturated carbocycles. The zero-order valence-electron chi connectivity index (χ0n) is 14.2. The number of hydrogen-bond donors (Lipinski definition) is 3. The standard InChI is InChI=1S/C18H17Cl2N3O2S2/c19-11-7-6-9(8-12(11)20)16(25)22-18(26)23-17-14(15(21)24)10-4-2-1-3-5-13(10)27-17/h6-8H,1-5H2,(H2,21,24)(H2,22,23,25,26). The van der Waals surface area contributed by atoms with E-state index in [9.17, 15) is 9.59 Å². The first kappa shape index (κ1) is 20.1. The lowest BCUT2D eigenvalue weighted by atomic mass is 10.1. The number of primary amides is 1. The molecule has 0 fully saturated rings. The van der Waals surface area contributed by atoms with E-state index < -0.39 is 11.8 Å². The Kier molecular flexibility index (Phi) is 6.37. The Morgan fingerprint density at radius 3 is 2.56 bits per heavy atom. The molecular formula is C18H17Cl2N3O2S2. The van der Waals surface area contributed by atoms with Crippen molar-refractivity contribution < 1.29 is 9.59 Å². The van der Waals surface area contributed by atoms with Gasteiger partial charge >= 0.3 is 0 Å². The van der Waals surface area contributed by atoms with Crippen LogP contribution >= 0.6 is 46.8 Å². The lowest BCUT2D eigenvalue weighted by molar-refractivity contribution is 0.0975. The molecule has 0 atom stereocenters. The zero-order chi connectivity index (χ0) is 19.6. The third-order valence-electron chi connectivity index (χ3n) is 4.30. The molecule has 0 spiro atoms. The summed E-state index contributed by atoms with van der Waals surface area (Å²) in [5.41, 5.74) is 7.41. The third kappa shape index (κ3) is 4.60. The molecule has 0 bridgehead atoms. The highest BCUT2D eigenvalue weighted by atomic mass is 35.5. The highest BCUT2D eigenvalue weighted by Crippen LogP contribution is 2.37. The van der Waals surface area contributed by atoms with Crippen LogP contribution in [0.15, 0.2) is 18.2 Å². The molecule has 5 nitrogen and oxygen atoms in total. The van der Waals surface area contributed by atoms with Gasteiger partial charge in [0.15, 0.2) is 5.11 Å². The number of thiophene rings is 1. The number of fused-ring (bicyclic) bond motifs is 1. The van der Waals surface area contributed by atoms with E-state index in [-0.39, 0.29) is 10.1 Å². The molecule has 142 valence electrons. The van der Waals surface area contributed by atoms with Crippen molar-refractivity contribution in [3.63, 3.8) is 0 Å². The Labute approximate surface area is 176 Å². The van der Waals surface area contributed by atoms with Crippen molar-refractivity contribution in [1.29, 1.82) is 0 Å². The molecule has 2 aromatic rings. The van der Waals surface area contributed by atoms with Gasteiger partial charge in [-0.25, -0.2) is 0 Å². The molecular weight excluding hydrogens is 425 g/mol. The molecule has 1 aliphatic carbocycles. The fourth-order valence-electron chi connectivity index (χ4n) is 3.04. The van der Waals surface area contributed by atoms with E-state index in [1.165, 1.54) is 23.5 Å². The third-order valence-corrected chi connectivity index (χ3v) is 6.45. The first-order valence-electron chi connectivity index (χ1n) is 8.38. The molecule has 0 unspecified atom stereocenters. The number of carbonyl (C=O) groups excluding carboxylic acids is 2. The summed E-state index contributed by atoms with van der Waals surface area (Å²) in [4.78, 5) is 25.5. The van der Waals surface area contributed by atoms with Gasteiger partial charge in [-0.15, -0.1) is 11.3 Å². The summed E-state index contributed by atoms with van der Waals surface area (Å²) in [7, 11) is 0. The Balaban J connectivity index is 1.76. The first-order chi connectivity index (χ1) is 12.9. The lowest BCUT2D eigenvalue weighted by Gasteiger charge is -2.10. The van der Waals surface area contributed by atoms with Gasteiger partial charge in [-0.1, -0.05) is 29.6 Å². The van der Waals surface area contributed by atoms with Crippen molar-refractivity contribution in [2.75, 3.05) is 5.32 Å². The van der Waals surface area contributed by atoms with Crippen molar-refractivity contribution in [1.82, 2.24) is 5.32 Å². The van der Waals surface area contributed by atoms with Gasteiger partial charge in [0.1, 0.15) is 5.00 Å². The Bertz CT molecular complexity index is 928. The largest absolute Gasteiger partial charge is 0.365 e. The molecule has 1 aliphatic rings. The maximum atomic E-state index is 12.3.